The van der Waals surface area contributed by atoms with Crippen molar-refractivity contribution in [1.82, 2.24) is 15.3 Å². The van der Waals surface area contributed by atoms with Gasteiger partial charge >= 0.3 is 0 Å². The Kier molecular flexibility index (Phi) is 3.96. The molecule has 1 heterocycles. The summed E-state index contributed by atoms with van der Waals surface area (Å²) in [7, 11) is 1.61. The second-order valence-electron chi connectivity index (χ2n) is 4.74. The maximum atomic E-state index is 12.2. The molecule has 110 valence electrons. The van der Waals surface area contributed by atoms with Crippen molar-refractivity contribution in [2.45, 2.75) is 6.54 Å². The lowest BCUT2D eigenvalue weighted by molar-refractivity contribution is 0.0945. The molecule has 0 saturated carbocycles. The van der Waals surface area contributed by atoms with Crippen LogP contribution in [0.1, 0.15) is 16.1 Å². The summed E-state index contributed by atoms with van der Waals surface area (Å²) < 4.78 is 5.26. The summed E-state index contributed by atoms with van der Waals surface area (Å²) >= 11 is 0. The first-order chi connectivity index (χ1) is 10.8. The van der Waals surface area contributed by atoms with Crippen molar-refractivity contribution in [2.75, 3.05) is 7.11 Å². The fourth-order valence-electron chi connectivity index (χ4n) is 2.18. The third kappa shape index (κ3) is 2.88. The second-order valence-corrected chi connectivity index (χ2v) is 4.74. The van der Waals surface area contributed by atoms with E-state index >= 15 is 0 Å². The highest BCUT2D eigenvalue weighted by molar-refractivity contribution is 5.93. The van der Waals surface area contributed by atoms with Gasteiger partial charge in [-0.2, -0.15) is 0 Å². The smallest absolute Gasteiger partial charge is 0.271 e. The maximum Gasteiger partial charge on any atom is 0.271 e. The van der Waals surface area contributed by atoms with Crippen LogP contribution in [0.25, 0.3) is 11.0 Å². The van der Waals surface area contributed by atoms with E-state index in [1.165, 1.54) is 6.20 Å². The Morgan fingerprint density at radius 2 is 1.82 bits per heavy atom. The van der Waals surface area contributed by atoms with Crippen LogP contribution < -0.4 is 10.1 Å². The first-order valence-electron chi connectivity index (χ1n) is 6.90. The Morgan fingerprint density at radius 1 is 1.09 bits per heavy atom. The molecule has 0 unspecified atom stereocenters. The van der Waals surface area contributed by atoms with Crippen molar-refractivity contribution in [2.24, 2.45) is 0 Å². The van der Waals surface area contributed by atoms with Crippen LogP contribution in [0, 0.1) is 0 Å². The molecule has 0 aliphatic heterocycles. The highest BCUT2D eigenvalue weighted by Gasteiger charge is 2.10. The van der Waals surface area contributed by atoms with E-state index in [-0.39, 0.29) is 5.91 Å². The maximum absolute atomic E-state index is 12.2. The molecule has 5 nitrogen and oxygen atoms in total. The van der Waals surface area contributed by atoms with Crippen LogP contribution in [-0.2, 0) is 6.54 Å². The number of fused-ring (bicyclic) bond motifs is 1. The number of aromatic nitrogens is 2. The van der Waals surface area contributed by atoms with Crippen LogP contribution in [0.5, 0.6) is 5.75 Å². The first kappa shape index (κ1) is 14.0. The number of nitrogens with zero attached hydrogens (tertiary/aromatic N) is 2. The van der Waals surface area contributed by atoms with Crippen LogP contribution in [-0.4, -0.2) is 23.0 Å². The normalized spacial score (nSPS) is 10.4. The molecule has 5 heteroatoms. The van der Waals surface area contributed by atoms with Crippen LogP contribution in [0.2, 0.25) is 0 Å². The summed E-state index contributed by atoms with van der Waals surface area (Å²) in [6.45, 7) is 0.372. The number of carbonyl (C=O) groups excluding carboxylic acids is 1. The molecule has 3 rings (SSSR count). The van der Waals surface area contributed by atoms with Crippen LogP contribution in [0.4, 0.5) is 0 Å². The van der Waals surface area contributed by atoms with Crippen molar-refractivity contribution in [3.05, 3.63) is 66.0 Å². The topological polar surface area (TPSA) is 64.1 Å². The van der Waals surface area contributed by atoms with Crippen molar-refractivity contribution in [1.29, 1.82) is 0 Å². The number of hydrogen-bond donors (Lipinski definition) is 1. The van der Waals surface area contributed by atoms with E-state index in [1.54, 1.807) is 7.11 Å². The zero-order valence-electron chi connectivity index (χ0n) is 12.1. The fraction of sp³-hybridized carbons (Fsp3) is 0.118. The summed E-state index contributed by atoms with van der Waals surface area (Å²) in [6.07, 6.45) is 1.49. The number of amides is 1. The molecule has 0 spiro atoms. The molecule has 2 aromatic carbocycles. The van der Waals surface area contributed by atoms with E-state index in [0.717, 1.165) is 16.8 Å². The van der Waals surface area contributed by atoms with Gasteiger partial charge in [0.25, 0.3) is 5.91 Å². The Morgan fingerprint density at radius 3 is 2.64 bits per heavy atom. The van der Waals surface area contributed by atoms with Crippen molar-refractivity contribution >= 4 is 16.9 Å². The van der Waals surface area contributed by atoms with E-state index < -0.39 is 0 Å². The molecule has 1 amide bonds. The summed E-state index contributed by atoms with van der Waals surface area (Å²) in [5.41, 5.74) is 2.68. The van der Waals surface area contributed by atoms with Crippen LogP contribution in [0.15, 0.2) is 54.7 Å². The summed E-state index contributed by atoms with van der Waals surface area (Å²) in [5, 5.41) is 2.83. The summed E-state index contributed by atoms with van der Waals surface area (Å²) in [4.78, 5) is 20.8. The zero-order chi connectivity index (χ0) is 15.4. The SMILES string of the molecule is COc1ccccc1CNC(=O)c1cnc2ccccc2n1. The Bertz CT molecular complexity index is 818. The molecular weight excluding hydrogens is 278 g/mol. The summed E-state index contributed by atoms with van der Waals surface area (Å²) in [6, 6.07) is 15.0. The highest BCUT2D eigenvalue weighted by atomic mass is 16.5. The van der Waals surface area contributed by atoms with E-state index in [0.29, 0.717) is 17.8 Å². The summed E-state index contributed by atoms with van der Waals surface area (Å²) in [5.74, 6) is 0.483. The molecule has 3 aromatic rings. The number of rotatable bonds is 4. The van der Waals surface area contributed by atoms with Gasteiger partial charge in [-0.1, -0.05) is 30.3 Å². The van der Waals surface area contributed by atoms with Gasteiger partial charge in [0.05, 0.1) is 24.3 Å². The van der Waals surface area contributed by atoms with E-state index in [1.807, 2.05) is 48.5 Å². The van der Waals surface area contributed by atoms with Gasteiger partial charge in [-0.05, 0) is 18.2 Å². The second kappa shape index (κ2) is 6.22. The number of ether oxygens (including phenoxy) is 1. The number of hydrogen-bond acceptors (Lipinski definition) is 4. The van der Waals surface area contributed by atoms with Gasteiger partial charge in [0.2, 0.25) is 0 Å². The van der Waals surface area contributed by atoms with Gasteiger partial charge in [-0.25, -0.2) is 4.98 Å². The van der Waals surface area contributed by atoms with Crippen molar-refractivity contribution in [3.8, 4) is 5.75 Å². The van der Waals surface area contributed by atoms with Crippen LogP contribution >= 0.6 is 0 Å². The minimum atomic E-state index is -0.260. The molecule has 0 aliphatic rings. The quantitative estimate of drug-likeness (QED) is 0.803. The minimum Gasteiger partial charge on any atom is -0.496 e. The third-order valence-corrected chi connectivity index (χ3v) is 3.31. The number of carbonyl (C=O) groups is 1. The predicted octanol–water partition coefficient (Wildman–Crippen LogP) is 2.57. The molecule has 22 heavy (non-hydrogen) atoms. The van der Waals surface area contributed by atoms with Gasteiger partial charge in [-0.15, -0.1) is 0 Å². The lowest BCUT2D eigenvalue weighted by Gasteiger charge is -2.09. The number of para-hydroxylation sites is 3. The molecule has 0 atom stereocenters. The molecule has 0 fully saturated rings. The van der Waals surface area contributed by atoms with Crippen LogP contribution in [0.3, 0.4) is 0 Å². The molecule has 1 aromatic heterocycles. The van der Waals surface area contributed by atoms with E-state index in [9.17, 15) is 4.79 Å². The number of benzene rings is 2. The highest BCUT2D eigenvalue weighted by Crippen LogP contribution is 2.17. The Labute approximate surface area is 128 Å². The van der Waals surface area contributed by atoms with Gasteiger partial charge in [0.15, 0.2) is 0 Å². The van der Waals surface area contributed by atoms with Crippen molar-refractivity contribution in [3.63, 3.8) is 0 Å². The number of methoxy groups -OCH3 is 1. The third-order valence-electron chi connectivity index (χ3n) is 3.31. The lowest BCUT2D eigenvalue weighted by atomic mass is 10.2. The predicted molar refractivity (Wildman–Crippen MR) is 83.7 cm³/mol. The molecule has 0 radical (unpaired) electrons. The average Bonchev–Trinajstić information content (AvgIpc) is 2.59. The fourth-order valence-corrected chi connectivity index (χ4v) is 2.18. The minimum absolute atomic E-state index is 0.260. The van der Waals surface area contributed by atoms with Gasteiger partial charge in [0.1, 0.15) is 11.4 Å². The van der Waals surface area contributed by atoms with Gasteiger partial charge in [0, 0.05) is 12.1 Å². The van der Waals surface area contributed by atoms with E-state index in [2.05, 4.69) is 15.3 Å². The molecule has 0 bridgehead atoms. The Balaban J connectivity index is 1.75. The molecule has 0 saturated heterocycles. The molecule has 0 aliphatic carbocycles. The largest absolute Gasteiger partial charge is 0.496 e. The molecular formula is C17H15N3O2. The molecule has 1 N–H and O–H groups in total. The zero-order valence-corrected chi connectivity index (χ0v) is 12.1. The van der Waals surface area contributed by atoms with Gasteiger partial charge in [-0.3, -0.25) is 9.78 Å². The Hall–Kier alpha value is -2.95. The monoisotopic (exact) mass is 293 g/mol. The average molecular weight is 293 g/mol. The standard InChI is InChI=1S/C17H15N3O2/c1-22-16-9-5-2-6-12(16)10-19-17(21)15-11-18-13-7-3-4-8-14(13)20-15/h2-9,11H,10H2,1H3,(H,19,21). The van der Waals surface area contributed by atoms with Gasteiger partial charge < -0.3 is 10.1 Å². The number of nitrogens with one attached hydrogen (secondary N) is 1. The van der Waals surface area contributed by atoms with E-state index in [4.69, 9.17) is 4.74 Å². The first-order valence-corrected chi connectivity index (χ1v) is 6.90. The lowest BCUT2D eigenvalue weighted by Crippen LogP contribution is -2.24. The van der Waals surface area contributed by atoms with Crippen molar-refractivity contribution < 1.29 is 9.53 Å².